The summed E-state index contributed by atoms with van der Waals surface area (Å²) < 4.78 is 12.5. The lowest BCUT2D eigenvalue weighted by atomic mass is 10.0. The van der Waals surface area contributed by atoms with Gasteiger partial charge >= 0.3 is 0 Å². The summed E-state index contributed by atoms with van der Waals surface area (Å²) in [7, 11) is 1.48. The van der Waals surface area contributed by atoms with Crippen molar-refractivity contribution in [3.8, 4) is 23.0 Å². The number of oxazole rings is 1. The zero-order chi connectivity index (χ0) is 25.3. The SMILES string of the molecule is COc1c(Br)cc(Br)cc1C(=O)NC(=S)Nc1ccc(O)c(-c2nc3cc(C(C)C)ccc3o2)c1. The number of aromatic hydroxyl groups is 1. The summed E-state index contributed by atoms with van der Waals surface area (Å²) >= 11 is 12.1. The minimum atomic E-state index is -0.444. The van der Waals surface area contributed by atoms with E-state index in [4.69, 9.17) is 21.4 Å². The number of fused-ring (bicyclic) bond motifs is 1. The Bertz CT molecular complexity index is 1450. The smallest absolute Gasteiger partial charge is 0.261 e. The van der Waals surface area contributed by atoms with Crippen LogP contribution in [0.15, 0.2) is 61.9 Å². The maximum atomic E-state index is 12.8. The van der Waals surface area contributed by atoms with Gasteiger partial charge in [-0.05, 0) is 82.1 Å². The van der Waals surface area contributed by atoms with Crippen molar-refractivity contribution in [1.82, 2.24) is 10.3 Å². The number of anilines is 1. The largest absolute Gasteiger partial charge is 0.507 e. The molecule has 1 heterocycles. The van der Waals surface area contributed by atoms with E-state index in [1.165, 1.54) is 13.2 Å². The molecule has 0 aliphatic rings. The van der Waals surface area contributed by atoms with E-state index in [0.717, 1.165) is 5.56 Å². The van der Waals surface area contributed by atoms with Crippen molar-refractivity contribution >= 4 is 71.9 Å². The molecule has 0 fully saturated rings. The quantitative estimate of drug-likeness (QED) is 0.164. The fourth-order valence-corrected chi connectivity index (χ4v) is 5.07. The molecule has 1 amide bonds. The van der Waals surface area contributed by atoms with E-state index in [9.17, 15) is 9.90 Å². The second kappa shape index (κ2) is 10.3. The zero-order valence-electron chi connectivity index (χ0n) is 19.0. The number of nitrogens with one attached hydrogen (secondary N) is 2. The van der Waals surface area contributed by atoms with Gasteiger partial charge in [-0.3, -0.25) is 10.1 Å². The molecule has 3 aromatic carbocycles. The summed E-state index contributed by atoms with van der Waals surface area (Å²) in [6.07, 6.45) is 0. The molecule has 0 radical (unpaired) electrons. The zero-order valence-corrected chi connectivity index (χ0v) is 23.0. The third-order valence-corrected chi connectivity index (χ3v) is 6.50. The summed E-state index contributed by atoms with van der Waals surface area (Å²) in [5, 5.41) is 16.1. The number of ether oxygens (including phenoxy) is 1. The molecule has 180 valence electrons. The minimum absolute atomic E-state index is 0.00451. The van der Waals surface area contributed by atoms with Crippen LogP contribution in [0.1, 0.15) is 35.7 Å². The first-order valence-electron chi connectivity index (χ1n) is 10.6. The van der Waals surface area contributed by atoms with Crippen LogP contribution in [-0.2, 0) is 0 Å². The van der Waals surface area contributed by atoms with Crippen LogP contribution in [0.5, 0.6) is 11.5 Å². The normalized spacial score (nSPS) is 11.0. The number of carbonyl (C=O) groups is 1. The molecule has 7 nitrogen and oxygen atoms in total. The number of halogens is 2. The number of hydrogen-bond donors (Lipinski definition) is 3. The highest BCUT2D eigenvalue weighted by molar-refractivity contribution is 9.11. The van der Waals surface area contributed by atoms with E-state index < -0.39 is 5.91 Å². The highest BCUT2D eigenvalue weighted by Crippen LogP contribution is 2.35. The van der Waals surface area contributed by atoms with Gasteiger partial charge in [0.2, 0.25) is 5.89 Å². The molecule has 0 aliphatic heterocycles. The summed E-state index contributed by atoms with van der Waals surface area (Å²) in [5.74, 6) is 0.581. The van der Waals surface area contributed by atoms with Crippen LogP contribution in [0.25, 0.3) is 22.6 Å². The third kappa shape index (κ3) is 5.50. The number of nitrogens with zero attached hydrogens (tertiary/aromatic N) is 1. The van der Waals surface area contributed by atoms with Gasteiger partial charge in [0.05, 0.1) is 22.7 Å². The van der Waals surface area contributed by atoms with Gasteiger partial charge in [-0.15, -0.1) is 0 Å². The fourth-order valence-electron chi connectivity index (χ4n) is 3.47. The van der Waals surface area contributed by atoms with Gasteiger partial charge in [-0.2, -0.15) is 0 Å². The molecule has 1 aromatic heterocycles. The minimum Gasteiger partial charge on any atom is -0.507 e. The highest BCUT2D eigenvalue weighted by Gasteiger charge is 2.18. The van der Waals surface area contributed by atoms with Crippen molar-refractivity contribution in [2.24, 2.45) is 0 Å². The number of phenolic OH excluding ortho intramolecular Hbond substituents is 1. The van der Waals surface area contributed by atoms with Gasteiger partial charge in [0.25, 0.3) is 5.91 Å². The highest BCUT2D eigenvalue weighted by atomic mass is 79.9. The lowest BCUT2D eigenvalue weighted by Crippen LogP contribution is -2.34. The van der Waals surface area contributed by atoms with Crippen LogP contribution in [-0.4, -0.2) is 28.2 Å². The van der Waals surface area contributed by atoms with Crippen molar-refractivity contribution in [1.29, 1.82) is 0 Å². The van der Waals surface area contributed by atoms with Crippen molar-refractivity contribution in [2.75, 3.05) is 12.4 Å². The number of hydrogen-bond acceptors (Lipinski definition) is 6. The average molecular weight is 619 g/mol. The summed E-state index contributed by atoms with van der Waals surface area (Å²) in [6, 6.07) is 14.1. The first-order valence-corrected chi connectivity index (χ1v) is 12.5. The standard InChI is InChI=1S/C25H21Br2N3O4S/c1-12(2)13-4-7-21-19(8-13)29-24(34-21)16-11-15(5-6-20(16)31)28-25(35)30-23(32)17-9-14(26)10-18(27)22(17)33-3/h4-12,31H,1-3H3,(H2,28,30,32,35). The van der Waals surface area contributed by atoms with Crippen molar-refractivity contribution in [2.45, 2.75) is 19.8 Å². The summed E-state index contributed by atoms with van der Waals surface area (Å²) in [4.78, 5) is 17.4. The number of thiocarbonyl (C=S) groups is 1. The van der Waals surface area contributed by atoms with Gasteiger partial charge in [-0.1, -0.05) is 35.8 Å². The maximum absolute atomic E-state index is 12.8. The monoisotopic (exact) mass is 617 g/mol. The molecule has 0 saturated heterocycles. The number of benzene rings is 3. The predicted octanol–water partition coefficient (Wildman–Crippen LogP) is 6.98. The van der Waals surface area contributed by atoms with E-state index in [1.54, 1.807) is 24.3 Å². The van der Waals surface area contributed by atoms with Gasteiger partial charge < -0.3 is 19.6 Å². The molecular weight excluding hydrogens is 598 g/mol. The molecule has 3 N–H and O–H groups in total. The molecule has 0 unspecified atom stereocenters. The number of carbonyl (C=O) groups excluding carboxylic acids is 1. The molecule has 4 rings (SSSR count). The summed E-state index contributed by atoms with van der Waals surface area (Å²) in [5.41, 5.74) is 3.71. The molecule has 35 heavy (non-hydrogen) atoms. The van der Waals surface area contributed by atoms with E-state index in [-0.39, 0.29) is 16.8 Å². The average Bonchev–Trinajstić information content (AvgIpc) is 3.23. The topological polar surface area (TPSA) is 96.6 Å². The second-order valence-corrected chi connectivity index (χ2v) is 10.2. The van der Waals surface area contributed by atoms with Gasteiger partial charge in [0.15, 0.2) is 10.7 Å². The van der Waals surface area contributed by atoms with E-state index in [1.807, 2.05) is 18.2 Å². The molecule has 0 saturated carbocycles. The van der Waals surface area contributed by atoms with Crippen LogP contribution in [0.3, 0.4) is 0 Å². The van der Waals surface area contributed by atoms with Crippen molar-refractivity contribution < 1.29 is 19.1 Å². The molecule has 0 spiro atoms. The van der Waals surface area contributed by atoms with Gasteiger partial charge in [0, 0.05) is 10.2 Å². The molecule has 0 aliphatic carbocycles. The van der Waals surface area contributed by atoms with Crippen LogP contribution in [0.4, 0.5) is 5.69 Å². The van der Waals surface area contributed by atoms with Crippen LogP contribution in [0, 0.1) is 0 Å². The Hall–Kier alpha value is -2.95. The van der Waals surface area contributed by atoms with Gasteiger partial charge in [0.1, 0.15) is 17.0 Å². The van der Waals surface area contributed by atoms with Crippen LogP contribution >= 0.6 is 44.1 Å². The molecule has 0 bridgehead atoms. The first-order chi connectivity index (χ1) is 16.7. The first kappa shape index (κ1) is 25.2. The Morgan fingerprint density at radius 1 is 1.14 bits per heavy atom. The van der Waals surface area contributed by atoms with E-state index in [0.29, 0.717) is 48.5 Å². The van der Waals surface area contributed by atoms with Gasteiger partial charge in [-0.25, -0.2) is 4.98 Å². The number of aromatic nitrogens is 1. The van der Waals surface area contributed by atoms with Crippen molar-refractivity contribution in [3.05, 3.63) is 68.6 Å². The lowest BCUT2D eigenvalue weighted by Gasteiger charge is -2.13. The fraction of sp³-hybridized carbons (Fsp3) is 0.160. The van der Waals surface area contributed by atoms with Crippen LogP contribution < -0.4 is 15.4 Å². The summed E-state index contributed by atoms with van der Waals surface area (Å²) in [6.45, 7) is 4.21. The molecule has 4 aromatic rings. The second-order valence-electron chi connectivity index (χ2n) is 8.01. The number of phenols is 1. The Kier molecular flexibility index (Phi) is 7.44. The number of rotatable bonds is 5. The maximum Gasteiger partial charge on any atom is 0.261 e. The van der Waals surface area contributed by atoms with Crippen molar-refractivity contribution in [3.63, 3.8) is 0 Å². The molecule has 0 atom stereocenters. The lowest BCUT2D eigenvalue weighted by molar-refractivity contribution is 0.0974. The van der Waals surface area contributed by atoms with Crippen LogP contribution in [0.2, 0.25) is 0 Å². The number of amides is 1. The van der Waals surface area contributed by atoms with E-state index >= 15 is 0 Å². The molecular formula is C25H21Br2N3O4S. The van der Waals surface area contributed by atoms with E-state index in [2.05, 4.69) is 61.3 Å². The Balaban J connectivity index is 1.55. The molecule has 10 heteroatoms. The number of methoxy groups -OCH3 is 1. The Morgan fingerprint density at radius 3 is 2.63 bits per heavy atom. The predicted molar refractivity (Wildman–Crippen MR) is 147 cm³/mol. The Labute approximate surface area is 224 Å². The Morgan fingerprint density at radius 2 is 1.91 bits per heavy atom. The third-order valence-electron chi connectivity index (χ3n) is 5.25.